The Hall–Kier alpha value is -2.97. The third-order valence-corrected chi connectivity index (χ3v) is 5.74. The Morgan fingerprint density at radius 3 is 2.43 bits per heavy atom. The van der Waals surface area contributed by atoms with Crippen molar-refractivity contribution in [2.45, 2.75) is 31.7 Å². The molecule has 1 amide bonds. The second-order valence-corrected chi connectivity index (χ2v) is 8.10. The van der Waals surface area contributed by atoms with Crippen LogP contribution in [0.15, 0.2) is 63.9 Å². The Balaban J connectivity index is 1.71. The maximum Gasteiger partial charge on any atom is 0.242 e. The first-order valence-electron chi connectivity index (χ1n) is 8.69. The minimum absolute atomic E-state index is 0.103. The van der Waals surface area contributed by atoms with Gasteiger partial charge in [0.05, 0.1) is 16.6 Å². The lowest BCUT2D eigenvalue weighted by Gasteiger charge is -2.14. The van der Waals surface area contributed by atoms with E-state index in [0.29, 0.717) is 17.1 Å². The van der Waals surface area contributed by atoms with Crippen LogP contribution in [0.4, 0.5) is 5.69 Å². The molecule has 28 heavy (non-hydrogen) atoms. The van der Waals surface area contributed by atoms with Gasteiger partial charge in [-0.1, -0.05) is 24.3 Å². The van der Waals surface area contributed by atoms with E-state index in [0.717, 1.165) is 11.5 Å². The first-order chi connectivity index (χ1) is 13.3. The van der Waals surface area contributed by atoms with Crippen LogP contribution in [0.2, 0.25) is 0 Å². The molecular formula is C20H21N3O4S. The number of carbonyl (C=O) groups excluding carboxylic acids is 1. The molecule has 0 fully saturated rings. The maximum atomic E-state index is 12.5. The van der Waals surface area contributed by atoms with Crippen LogP contribution in [0.25, 0.3) is 11.5 Å². The lowest BCUT2D eigenvalue weighted by molar-refractivity contribution is -0.117. The fourth-order valence-corrected chi connectivity index (χ4v) is 3.75. The molecule has 0 bridgehead atoms. The van der Waals surface area contributed by atoms with Gasteiger partial charge in [-0.2, -0.15) is 4.72 Å². The largest absolute Gasteiger partial charge is 0.441 e. The highest BCUT2D eigenvalue weighted by Crippen LogP contribution is 2.24. The molecule has 0 aliphatic heterocycles. The van der Waals surface area contributed by atoms with Gasteiger partial charge in [0.25, 0.3) is 0 Å². The standard InChI is InChI=1S/C20H21N3O4S/c1-13-15(3)27-20(21-13)16-8-7-9-17(12-16)22-19(24)14(2)23-28(25,26)18-10-5-4-6-11-18/h4-12,14,23H,1-3H3,(H,22,24)/t14-/m0/s1. The summed E-state index contributed by atoms with van der Waals surface area (Å²) in [4.78, 5) is 16.9. The molecule has 2 aromatic carbocycles. The van der Waals surface area contributed by atoms with Crippen LogP contribution in [0.5, 0.6) is 0 Å². The van der Waals surface area contributed by atoms with E-state index in [1.54, 1.807) is 36.4 Å². The van der Waals surface area contributed by atoms with Crippen LogP contribution in [0.1, 0.15) is 18.4 Å². The molecule has 1 heterocycles. The van der Waals surface area contributed by atoms with E-state index >= 15 is 0 Å². The van der Waals surface area contributed by atoms with E-state index in [-0.39, 0.29) is 4.90 Å². The molecule has 0 saturated carbocycles. The number of anilines is 1. The fourth-order valence-electron chi connectivity index (χ4n) is 2.53. The van der Waals surface area contributed by atoms with Crippen molar-refractivity contribution in [1.82, 2.24) is 9.71 Å². The molecule has 2 N–H and O–H groups in total. The third-order valence-electron chi connectivity index (χ3n) is 4.18. The average Bonchev–Trinajstić information content (AvgIpc) is 3.01. The number of benzene rings is 2. The first-order valence-corrected chi connectivity index (χ1v) is 10.2. The minimum atomic E-state index is -3.79. The van der Waals surface area contributed by atoms with E-state index in [9.17, 15) is 13.2 Å². The highest BCUT2D eigenvalue weighted by Gasteiger charge is 2.22. The van der Waals surface area contributed by atoms with Gasteiger partial charge in [0, 0.05) is 11.3 Å². The molecule has 8 heteroatoms. The molecule has 0 aliphatic carbocycles. The summed E-state index contributed by atoms with van der Waals surface area (Å²) in [6, 6.07) is 14.0. The molecule has 0 aliphatic rings. The minimum Gasteiger partial charge on any atom is -0.441 e. The van der Waals surface area contributed by atoms with Crippen LogP contribution in [-0.2, 0) is 14.8 Å². The zero-order chi connectivity index (χ0) is 20.3. The van der Waals surface area contributed by atoms with Gasteiger partial charge >= 0.3 is 0 Å². The maximum absolute atomic E-state index is 12.5. The summed E-state index contributed by atoms with van der Waals surface area (Å²) in [7, 11) is -3.79. The second kappa shape index (κ2) is 7.95. The Morgan fingerprint density at radius 1 is 1.07 bits per heavy atom. The third kappa shape index (κ3) is 4.47. The molecule has 1 aromatic heterocycles. The van der Waals surface area contributed by atoms with E-state index in [1.807, 2.05) is 19.9 Å². The monoisotopic (exact) mass is 399 g/mol. The Kier molecular flexibility index (Phi) is 5.62. The second-order valence-electron chi connectivity index (χ2n) is 6.39. The van der Waals surface area contributed by atoms with Crippen LogP contribution in [0, 0.1) is 13.8 Å². The Labute approximate surface area is 163 Å². The van der Waals surface area contributed by atoms with Crippen molar-refractivity contribution in [3.05, 3.63) is 66.1 Å². The number of hydrogen-bond acceptors (Lipinski definition) is 5. The van der Waals surface area contributed by atoms with E-state index in [2.05, 4.69) is 15.0 Å². The van der Waals surface area contributed by atoms with Crippen molar-refractivity contribution in [2.75, 3.05) is 5.32 Å². The normalized spacial score (nSPS) is 12.5. The number of aryl methyl sites for hydroxylation is 2. The molecule has 1 atom stereocenters. The van der Waals surface area contributed by atoms with Crippen LogP contribution in [-0.4, -0.2) is 25.4 Å². The van der Waals surface area contributed by atoms with Gasteiger partial charge in [-0.25, -0.2) is 13.4 Å². The summed E-state index contributed by atoms with van der Waals surface area (Å²) < 4.78 is 32.7. The number of nitrogens with zero attached hydrogens (tertiary/aromatic N) is 1. The molecule has 146 valence electrons. The van der Waals surface area contributed by atoms with Gasteiger partial charge in [0.1, 0.15) is 5.76 Å². The van der Waals surface area contributed by atoms with Crippen molar-refractivity contribution in [3.63, 3.8) is 0 Å². The fraction of sp³-hybridized carbons (Fsp3) is 0.200. The van der Waals surface area contributed by atoms with Gasteiger partial charge in [-0.15, -0.1) is 0 Å². The van der Waals surface area contributed by atoms with Gasteiger partial charge in [0.2, 0.25) is 21.8 Å². The van der Waals surface area contributed by atoms with Crippen LogP contribution < -0.4 is 10.0 Å². The molecule has 3 aromatic rings. The number of amides is 1. The Bertz CT molecular complexity index is 1070. The zero-order valence-corrected chi connectivity index (χ0v) is 16.6. The molecule has 0 radical (unpaired) electrons. The van der Waals surface area contributed by atoms with Gasteiger partial charge < -0.3 is 9.73 Å². The quantitative estimate of drug-likeness (QED) is 0.662. The zero-order valence-electron chi connectivity index (χ0n) is 15.8. The van der Waals surface area contributed by atoms with E-state index in [1.165, 1.54) is 19.1 Å². The number of rotatable bonds is 6. The predicted molar refractivity (Wildman–Crippen MR) is 106 cm³/mol. The number of hydrogen-bond donors (Lipinski definition) is 2. The van der Waals surface area contributed by atoms with Gasteiger partial charge in [-0.3, -0.25) is 4.79 Å². The summed E-state index contributed by atoms with van der Waals surface area (Å²) in [5.74, 6) is 0.716. The topological polar surface area (TPSA) is 101 Å². The van der Waals surface area contributed by atoms with Gasteiger partial charge in [0.15, 0.2) is 0 Å². The van der Waals surface area contributed by atoms with Crippen LogP contribution in [0.3, 0.4) is 0 Å². The average molecular weight is 399 g/mol. The van der Waals surface area contributed by atoms with Crippen LogP contribution >= 0.6 is 0 Å². The Morgan fingerprint density at radius 2 is 1.79 bits per heavy atom. The number of nitrogens with one attached hydrogen (secondary N) is 2. The summed E-state index contributed by atoms with van der Waals surface area (Å²) >= 11 is 0. The van der Waals surface area contributed by atoms with Crippen molar-refractivity contribution >= 4 is 21.6 Å². The number of carbonyl (C=O) groups is 1. The molecular weight excluding hydrogens is 378 g/mol. The van der Waals surface area contributed by atoms with Crippen molar-refractivity contribution in [2.24, 2.45) is 0 Å². The molecule has 7 nitrogen and oxygen atoms in total. The molecule has 0 saturated heterocycles. The lowest BCUT2D eigenvalue weighted by atomic mass is 10.2. The summed E-state index contributed by atoms with van der Waals surface area (Å²) in [6.07, 6.45) is 0. The lowest BCUT2D eigenvalue weighted by Crippen LogP contribution is -2.41. The smallest absolute Gasteiger partial charge is 0.242 e. The number of oxazole rings is 1. The molecule has 3 rings (SSSR count). The van der Waals surface area contributed by atoms with Gasteiger partial charge in [-0.05, 0) is 51.1 Å². The predicted octanol–water partition coefficient (Wildman–Crippen LogP) is 3.26. The highest BCUT2D eigenvalue weighted by atomic mass is 32.2. The number of aromatic nitrogens is 1. The molecule has 0 spiro atoms. The van der Waals surface area contributed by atoms with E-state index in [4.69, 9.17) is 4.42 Å². The van der Waals surface area contributed by atoms with Crippen molar-refractivity contribution < 1.29 is 17.6 Å². The SMILES string of the molecule is Cc1nc(-c2cccc(NC(=O)[C@H](C)NS(=O)(=O)c3ccccc3)c2)oc1C. The highest BCUT2D eigenvalue weighted by molar-refractivity contribution is 7.89. The summed E-state index contributed by atoms with van der Waals surface area (Å²) in [5.41, 5.74) is 2.03. The van der Waals surface area contributed by atoms with E-state index < -0.39 is 22.0 Å². The van der Waals surface area contributed by atoms with Crippen molar-refractivity contribution in [3.8, 4) is 11.5 Å². The summed E-state index contributed by atoms with van der Waals surface area (Å²) in [5, 5.41) is 2.71. The first kappa shape index (κ1) is 19.8. The van der Waals surface area contributed by atoms with Crippen molar-refractivity contribution in [1.29, 1.82) is 0 Å². The molecule has 0 unspecified atom stereocenters. The number of sulfonamides is 1. The summed E-state index contributed by atoms with van der Waals surface area (Å²) in [6.45, 7) is 5.17.